The summed E-state index contributed by atoms with van der Waals surface area (Å²) in [6.45, 7) is 6.37. The van der Waals surface area contributed by atoms with Crippen molar-refractivity contribution in [3.05, 3.63) is 42.5 Å². The standard InChI is InChI=1S/C19H26N4O2/c1-3-25-17-6-4-16(5-7-17)22-19(24)14(2)23-12-8-15(9-13-23)18-20-10-11-21-18/h4-7,10-11,14-15H,3,8-9,12-13H2,1-2H3,(H,20,21)(H,22,24)/t14-/m0/s1. The number of benzene rings is 1. The van der Waals surface area contributed by atoms with Crippen LogP contribution in [0.3, 0.4) is 0 Å². The summed E-state index contributed by atoms with van der Waals surface area (Å²) in [5.74, 6) is 2.37. The quantitative estimate of drug-likeness (QED) is 0.847. The number of ether oxygens (including phenoxy) is 1. The summed E-state index contributed by atoms with van der Waals surface area (Å²) in [5.41, 5.74) is 0.797. The van der Waals surface area contributed by atoms with Gasteiger partial charge in [0.15, 0.2) is 0 Å². The number of likely N-dealkylation sites (tertiary alicyclic amines) is 1. The van der Waals surface area contributed by atoms with E-state index in [1.807, 2.05) is 44.3 Å². The zero-order valence-electron chi connectivity index (χ0n) is 14.9. The molecule has 1 amide bonds. The summed E-state index contributed by atoms with van der Waals surface area (Å²) in [5, 5.41) is 2.99. The molecule has 2 aromatic rings. The van der Waals surface area contributed by atoms with E-state index in [0.29, 0.717) is 12.5 Å². The molecular formula is C19H26N4O2. The maximum absolute atomic E-state index is 12.5. The highest BCUT2D eigenvalue weighted by molar-refractivity contribution is 5.94. The lowest BCUT2D eigenvalue weighted by Crippen LogP contribution is -2.45. The highest BCUT2D eigenvalue weighted by Crippen LogP contribution is 2.26. The Kier molecular flexibility index (Phi) is 5.71. The molecule has 0 unspecified atom stereocenters. The van der Waals surface area contributed by atoms with Crippen LogP contribution in [-0.4, -0.2) is 46.5 Å². The number of aromatic nitrogens is 2. The van der Waals surface area contributed by atoms with Gasteiger partial charge in [0.1, 0.15) is 11.6 Å². The highest BCUT2D eigenvalue weighted by Gasteiger charge is 2.28. The molecule has 1 aromatic carbocycles. The fraction of sp³-hybridized carbons (Fsp3) is 0.474. The predicted molar refractivity (Wildman–Crippen MR) is 97.8 cm³/mol. The average Bonchev–Trinajstić information content (AvgIpc) is 3.18. The number of carbonyl (C=O) groups is 1. The van der Waals surface area contributed by atoms with Crippen LogP contribution < -0.4 is 10.1 Å². The SMILES string of the molecule is CCOc1ccc(NC(=O)[C@H](C)N2CCC(c3ncc[nH]3)CC2)cc1. The Hall–Kier alpha value is -2.34. The van der Waals surface area contributed by atoms with Crippen molar-refractivity contribution in [2.45, 2.75) is 38.6 Å². The van der Waals surface area contributed by atoms with E-state index in [1.165, 1.54) is 0 Å². The first-order valence-electron chi connectivity index (χ1n) is 8.94. The van der Waals surface area contributed by atoms with Gasteiger partial charge in [-0.1, -0.05) is 0 Å². The van der Waals surface area contributed by atoms with Crippen molar-refractivity contribution in [2.75, 3.05) is 25.0 Å². The summed E-state index contributed by atoms with van der Waals surface area (Å²) in [6, 6.07) is 7.35. The third kappa shape index (κ3) is 4.39. The smallest absolute Gasteiger partial charge is 0.241 e. The molecule has 0 saturated carbocycles. The van der Waals surface area contributed by atoms with Gasteiger partial charge in [-0.2, -0.15) is 0 Å². The fourth-order valence-electron chi connectivity index (χ4n) is 3.27. The Morgan fingerprint density at radius 2 is 2.08 bits per heavy atom. The third-order valence-electron chi connectivity index (χ3n) is 4.80. The molecule has 2 heterocycles. The normalized spacial score (nSPS) is 17.2. The molecule has 0 bridgehead atoms. The summed E-state index contributed by atoms with van der Waals surface area (Å²) < 4.78 is 5.42. The van der Waals surface area contributed by atoms with Crippen molar-refractivity contribution in [1.82, 2.24) is 14.9 Å². The minimum atomic E-state index is -0.149. The molecule has 1 aromatic heterocycles. The van der Waals surface area contributed by atoms with E-state index in [0.717, 1.165) is 43.2 Å². The second-order valence-electron chi connectivity index (χ2n) is 6.41. The molecule has 6 heteroatoms. The molecule has 6 nitrogen and oxygen atoms in total. The Balaban J connectivity index is 1.50. The van der Waals surface area contributed by atoms with E-state index < -0.39 is 0 Å². The van der Waals surface area contributed by atoms with Crippen molar-refractivity contribution in [1.29, 1.82) is 0 Å². The summed E-state index contributed by atoms with van der Waals surface area (Å²) in [6.07, 6.45) is 5.71. The minimum absolute atomic E-state index is 0.0283. The molecule has 25 heavy (non-hydrogen) atoms. The highest BCUT2D eigenvalue weighted by atomic mass is 16.5. The summed E-state index contributed by atoms with van der Waals surface area (Å²) in [4.78, 5) is 22.3. The van der Waals surface area contributed by atoms with Gasteiger partial charge in [-0.25, -0.2) is 4.98 Å². The zero-order chi connectivity index (χ0) is 17.6. The number of nitrogens with zero attached hydrogens (tertiary/aromatic N) is 2. The van der Waals surface area contributed by atoms with Crippen molar-refractivity contribution in [3.8, 4) is 5.75 Å². The van der Waals surface area contributed by atoms with Gasteiger partial charge in [0, 0.05) is 24.0 Å². The second kappa shape index (κ2) is 8.16. The maximum Gasteiger partial charge on any atom is 0.241 e. The van der Waals surface area contributed by atoms with Gasteiger partial charge in [0.05, 0.1) is 12.6 Å². The van der Waals surface area contributed by atoms with Gasteiger partial charge >= 0.3 is 0 Å². The van der Waals surface area contributed by atoms with E-state index >= 15 is 0 Å². The van der Waals surface area contributed by atoms with Gasteiger partial charge in [-0.05, 0) is 64.0 Å². The number of hydrogen-bond acceptors (Lipinski definition) is 4. The first-order valence-corrected chi connectivity index (χ1v) is 8.94. The van der Waals surface area contributed by atoms with Crippen LogP contribution in [0.5, 0.6) is 5.75 Å². The van der Waals surface area contributed by atoms with E-state index in [2.05, 4.69) is 20.2 Å². The van der Waals surface area contributed by atoms with Crippen LogP contribution in [0.4, 0.5) is 5.69 Å². The number of piperidine rings is 1. The molecular weight excluding hydrogens is 316 g/mol. The van der Waals surface area contributed by atoms with Crippen LogP contribution in [-0.2, 0) is 4.79 Å². The number of aromatic amines is 1. The molecule has 0 radical (unpaired) electrons. The van der Waals surface area contributed by atoms with Crippen LogP contribution in [0.1, 0.15) is 38.4 Å². The second-order valence-corrected chi connectivity index (χ2v) is 6.41. The van der Waals surface area contributed by atoms with E-state index in [9.17, 15) is 4.79 Å². The van der Waals surface area contributed by atoms with Crippen LogP contribution in [0.15, 0.2) is 36.7 Å². The number of imidazole rings is 1. The van der Waals surface area contributed by atoms with Gasteiger partial charge < -0.3 is 15.0 Å². The van der Waals surface area contributed by atoms with E-state index in [-0.39, 0.29) is 11.9 Å². The number of carbonyl (C=O) groups excluding carboxylic acids is 1. The third-order valence-corrected chi connectivity index (χ3v) is 4.80. The van der Waals surface area contributed by atoms with Crippen LogP contribution in [0.25, 0.3) is 0 Å². The molecule has 3 rings (SSSR count). The fourth-order valence-corrected chi connectivity index (χ4v) is 3.27. The number of anilines is 1. The molecule has 0 aliphatic carbocycles. The molecule has 0 spiro atoms. The average molecular weight is 342 g/mol. The van der Waals surface area contributed by atoms with Gasteiger partial charge in [0.2, 0.25) is 5.91 Å². The molecule has 1 atom stereocenters. The minimum Gasteiger partial charge on any atom is -0.494 e. The Morgan fingerprint density at radius 3 is 2.68 bits per heavy atom. The lowest BCUT2D eigenvalue weighted by molar-refractivity contribution is -0.121. The van der Waals surface area contributed by atoms with Crippen molar-refractivity contribution in [3.63, 3.8) is 0 Å². The Labute approximate surface area is 148 Å². The van der Waals surface area contributed by atoms with Crippen LogP contribution in [0.2, 0.25) is 0 Å². The predicted octanol–water partition coefficient (Wildman–Crippen LogP) is 3.02. The molecule has 2 N–H and O–H groups in total. The van der Waals surface area contributed by atoms with Crippen molar-refractivity contribution in [2.24, 2.45) is 0 Å². The first-order chi connectivity index (χ1) is 12.2. The molecule has 134 valence electrons. The van der Waals surface area contributed by atoms with Crippen LogP contribution in [0, 0.1) is 0 Å². The van der Waals surface area contributed by atoms with E-state index in [1.54, 1.807) is 6.20 Å². The van der Waals surface area contributed by atoms with E-state index in [4.69, 9.17) is 4.74 Å². The Morgan fingerprint density at radius 1 is 1.36 bits per heavy atom. The van der Waals surface area contributed by atoms with Crippen LogP contribution >= 0.6 is 0 Å². The summed E-state index contributed by atoms with van der Waals surface area (Å²) >= 11 is 0. The number of H-pyrrole nitrogens is 1. The number of rotatable bonds is 6. The largest absolute Gasteiger partial charge is 0.494 e. The van der Waals surface area contributed by atoms with Gasteiger partial charge in [-0.15, -0.1) is 0 Å². The number of hydrogen-bond donors (Lipinski definition) is 2. The van der Waals surface area contributed by atoms with Crippen molar-refractivity contribution >= 4 is 11.6 Å². The lowest BCUT2D eigenvalue weighted by Gasteiger charge is -2.34. The molecule has 1 fully saturated rings. The first kappa shape index (κ1) is 17.5. The van der Waals surface area contributed by atoms with Gasteiger partial charge in [-0.3, -0.25) is 9.69 Å². The van der Waals surface area contributed by atoms with Crippen molar-refractivity contribution < 1.29 is 9.53 Å². The van der Waals surface area contributed by atoms with Gasteiger partial charge in [0.25, 0.3) is 0 Å². The number of nitrogens with one attached hydrogen (secondary N) is 2. The molecule has 1 saturated heterocycles. The zero-order valence-corrected chi connectivity index (χ0v) is 14.9. The topological polar surface area (TPSA) is 70.2 Å². The molecule has 1 aliphatic rings. The molecule has 1 aliphatic heterocycles. The lowest BCUT2D eigenvalue weighted by atomic mass is 9.95. The number of amides is 1. The maximum atomic E-state index is 12.5. The monoisotopic (exact) mass is 342 g/mol. The summed E-state index contributed by atoms with van der Waals surface area (Å²) in [7, 11) is 0. The Bertz CT molecular complexity index is 661.